The molecule has 0 fully saturated rings. The minimum atomic E-state index is -0.163. The third-order valence-corrected chi connectivity index (χ3v) is 7.43. The van der Waals surface area contributed by atoms with Gasteiger partial charge in [-0.3, -0.25) is 10.1 Å². The summed E-state index contributed by atoms with van der Waals surface area (Å²) >= 11 is 9.30. The first-order chi connectivity index (χ1) is 10.1. The Morgan fingerprint density at radius 3 is 2.62 bits per heavy atom. The van der Waals surface area contributed by atoms with Crippen molar-refractivity contribution in [2.24, 2.45) is 0 Å². The van der Waals surface area contributed by atoms with Crippen molar-refractivity contribution in [1.82, 2.24) is 9.97 Å². The molecule has 4 nitrogen and oxygen atoms in total. The van der Waals surface area contributed by atoms with E-state index in [9.17, 15) is 4.79 Å². The van der Waals surface area contributed by atoms with Crippen molar-refractivity contribution in [3.63, 3.8) is 0 Å². The zero-order chi connectivity index (χ0) is 15.0. The minimum Gasteiger partial charge on any atom is -0.298 e. The highest BCUT2D eigenvalue weighted by atomic mass is 127. The number of thiazole rings is 1. The molecule has 0 saturated carbocycles. The van der Waals surface area contributed by atoms with Crippen LogP contribution in [0.25, 0.3) is 10.2 Å². The van der Waals surface area contributed by atoms with Gasteiger partial charge < -0.3 is 0 Å². The van der Waals surface area contributed by atoms with Crippen LogP contribution in [0.5, 0.6) is 0 Å². The summed E-state index contributed by atoms with van der Waals surface area (Å²) in [6.45, 7) is 0. The third-order valence-electron chi connectivity index (χ3n) is 2.66. The number of nitrogens with zero attached hydrogens (tertiary/aromatic N) is 2. The average molecular weight is 586 g/mol. The van der Waals surface area contributed by atoms with Crippen molar-refractivity contribution in [3.8, 4) is 0 Å². The maximum Gasteiger partial charge on any atom is 0.257 e. The molecule has 2 aromatic heterocycles. The van der Waals surface area contributed by atoms with E-state index < -0.39 is 0 Å². The number of anilines is 1. The first-order valence-corrected chi connectivity index (χ1v) is 9.50. The SMILES string of the molecule is O=C(Nc1nc2c(Br)nc(I)c(I)c2s1)c1ccccc1. The molecule has 3 rings (SSSR count). The number of amides is 1. The zero-order valence-electron chi connectivity index (χ0n) is 10.2. The predicted octanol–water partition coefficient (Wildman–Crippen LogP) is 4.92. The summed E-state index contributed by atoms with van der Waals surface area (Å²) in [7, 11) is 0. The number of benzene rings is 1. The van der Waals surface area contributed by atoms with Crippen LogP contribution in [0.1, 0.15) is 10.4 Å². The summed E-state index contributed by atoms with van der Waals surface area (Å²) in [6, 6.07) is 9.08. The molecule has 0 aliphatic heterocycles. The van der Waals surface area contributed by atoms with Crippen LogP contribution in [0.4, 0.5) is 5.13 Å². The van der Waals surface area contributed by atoms with E-state index in [4.69, 9.17) is 0 Å². The molecule has 0 saturated heterocycles. The molecule has 0 unspecified atom stereocenters. The second kappa shape index (κ2) is 6.42. The first-order valence-electron chi connectivity index (χ1n) is 5.73. The average Bonchev–Trinajstić information content (AvgIpc) is 2.90. The number of halogens is 3. The molecular weight excluding hydrogens is 580 g/mol. The highest BCUT2D eigenvalue weighted by Gasteiger charge is 2.16. The predicted molar refractivity (Wildman–Crippen MR) is 105 cm³/mol. The van der Waals surface area contributed by atoms with Gasteiger partial charge in [0.05, 0.1) is 8.27 Å². The van der Waals surface area contributed by atoms with Crippen molar-refractivity contribution in [2.45, 2.75) is 0 Å². The molecule has 1 aromatic carbocycles. The quantitative estimate of drug-likeness (QED) is 0.343. The molecule has 0 radical (unpaired) electrons. The van der Waals surface area contributed by atoms with E-state index in [0.717, 1.165) is 17.5 Å². The molecule has 0 aliphatic rings. The zero-order valence-corrected chi connectivity index (χ0v) is 16.9. The van der Waals surface area contributed by atoms with Crippen molar-refractivity contribution in [1.29, 1.82) is 0 Å². The van der Waals surface area contributed by atoms with Gasteiger partial charge in [-0.25, -0.2) is 9.97 Å². The fourth-order valence-electron chi connectivity index (χ4n) is 1.70. The molecule has 1 N–H and O–H groups in total. The van der Waals surface area contributed by atoms with Gasteiger partial charge >= 0.3 is 0 Å². The maximum atomic E-state index is 12.2. The van der Waals surface area contributed by atoms with Crippen LogP contribution in [0, 0.1) is 7.27 Å². The number of hydrogen-bond acceptors (Lipinski definition) is 4. The molecule has 106 valence electrons. The fourth-order valence-corrected chi connectivity index (χ4v) is 4.93. The van der Waals surface area contributed by atoms with E-state index >= 15 is 0 Å². The van der Waals surface area contributed by atoms with Crippen molar-refractivity contribution in [3.05, 3.63) is 47.8 Å². The summed E-state index contributed by atoms with van der Waals surface area (Å²) in [6.07, 6.45) is 0. The summed E-state index contributed by atoms with van der Waals surface area (Å²) < 4.78 is 3.67. The van der Waals surface area contributed by atoms with Crippen molar-refractivity contribution in [2.75, 3.05) is 5.32 Å². The molecule has 2 heterocycles. The van der Waals surface area contributed by atoms with Gasteiger partial charge in [-0.05, 0) is 73.2 Å². The third kappa shape index (κ3) is 3.22. The number of fused-ring (bicyclic) bond motifs is 1. The highest BCUT2D eigenvalue weighted by Crippen LogP contribution is 2.35. The van der Waals surface area contributed by atoms with E-state index in [1.807, 2.05) is 18.2 Å². The lowest BCUT2D eigenvalue weighted by Crippen LogP contribution is -2.11. The van der Waals surface area contributed by atoms with E-state index in [0.29, 0.717) is 15.3 Å². The van der Waals surface area contributed by atoms with Crippen LogP contribution in [0.3, 0.4) is 0 Å². The molecule has 3 aromatic rings. The van der Waals surface area contributed by atoms with Crippen LogP contribution >= 0.6 is 72.4 Å². The second-order valence-electron chi connectivity index (χ2n) is 4.02. The Bertz CT molecular complexity index is 838. The fraction of sp³-hybridized carbons (Fsp3) is 0. The molecule has 0 bridgehead atoms. The molecule has 8 heteroatoms. The van der Waals surface area contributed by atoms with Gasteiger partial charge in [0.15, 0.2) is 5.13 Å². The summed E-state index contributed by atoms with van der Waals surface area (Å²) in [5.41, 5.74) is 1.38. The van der Waals surface area contributed by atoms with Crippen LogP contribution in [-0.2, 0) is 0 Å². The monoisotopic (exact) mass is 585 g/mol. The molecule has 0 atom stereocenters. The molecule has 21 heavy (non-hydrogen) atoms. The Balaban J connectivity index is 1.97. The number of hydrogen-bond donors (Lipinski definition) is 1. The molecule has 1 amide bonds. The maximum absolute atomic E-state index is 12.2. The Hall–Kier alpha value is -0.330. The smallest absolute Gasteiger partial charge is 0.257 e. The van der Waals surface area contributed by atoms with Crippen molar-refractivity contribution >= 4 is 93.7 Å². The largest absolute Gasteiger partial charge is 0.298 e. The highest BCUT2D eigenvalue weighted by molar-refractivity contribution is 14.1. The number of nitrogens with one attached hydrogen (secondary N) is 1. The molecule has 0 spiro atoms. The lowest BCUT2D eigenvalue weighted by atomic mass is 10.2. The van der Waals surface area contributed by atoms with Crippen LogP contribution in [-0.4, -0.2) is 15.9 Å². The van der Waals surface area contributed by atoms with Gasteiger partial charge in [-0.15, -0.1) is 0 Å². The van der Waals surface area contributed by atoms with E-state index in [2.05, 4.69) is 76.4 Å². The van der Waals surface area contributed by atoms with Gasteiger partial charge in [-0.2, -0.15) is 0 Å². The Kier molecular flexibility index (Phi) is 4.76. The Morgan fingerprint density at radius 1 is 1.19 bits per heavy atom. The number of rotatable bonds is 2. The number of carbonyl (C=O) groups is 1. The van der Waals surface area contributed by atoms with Crippen LogP contribution in [0.15, 0.2) is 34.9 Å². The first kappa shape index (κ1) is 15.6. The lowest BCUT2D eigenvalue weighted by Gasteiger charge is -2.00. The van der Waals surface area contributed by atoms with Gasteiger partial charge in [0.1, 0.15) is 13.8 Å². The number of carbonyl (C=O) groups excluding carboxylic acids is 1. The second-order valence-corrected chi connectivity index (χ2v) is 7.88. The van der Waals surface area contributed by atoms with Gasteiger partial charge in [0.2, 0.25) is 0 Å². The van der Waals surface area contributed by atoms with Crippen LogP contribution < -0.4 is 5.32 Å². The normalized spacial score (nSPS) is 10.8. The minimum absolute atomic E-state index is 0.163. The Morgan fingerprint density at radius 2 is 1.90 bits per heavy atom. The Labute approximate surface area is 160 Å². The summed E-state index contributed by atoms with van der Waals surface area (Å²) in [4.78, 5) is 21.0. The van der Waals surface area contributed by atoms with E-state index in [1.165, 1.54) is 11.3 Å². The molecule has 0 aliphatic carbocycles. The topological polar surface area (TPSA) is 54.9 Å². The van der Waals surface area contributed by atoms with Crippen LogP contribution in [0.2, 0.25) is 0 Å². The van der Waals surface area contributed by atoms with E-state index in [1.54, 1.807) is 12.1 Å². The lowest BCUT2D eigenvalue weighted by molar-refractivity contribution is 0.102. The van der Waals surface area contributed by atoms with Gasteiger partial charge in [0.25, 0.3) is 5.91 Å². The summed E-state index contributed by atoms with van der Waals surface area (Å²) in [5, 5.41) is 3.41. The number of pyridine rings is 1. The van der Waals surface area contributed by atoms with E-state index in [-0.39, 0.29) is 5.91 Å². The van der Waals surface area contributed by atoms with Gasteiger partial charge in [-0.1, -0.05) is 29.5 Å². The number of aromatic nitrogens is 2. The summed E-state index contributed by atoms with van der Waals surface area (Å²) in [5.74, 6) is -0.163. The van der Waals surface area contributed by atoms with Crippen molar-refractivity contribution < 1.29 is 4.79 Å². The molecular formula is C13H6BrI2N3OS. The standard InChI is InChI=1S/C13H6BrI2N3OS/c14-10-8-9(7(15)11(16)18-10)21-13(17-8)19-12(20)6-4-2-1-3-5-6/h1-5H,(H,17,19,20). The van der Waals surface area contributed by atoms with Gasteiger partial charge in [0, 0.05) is 5.56 Å².